The summed E-state index contributed by atoms with van der Waals surface area (Å²) in [5.41, 5.74) is 2.27. The fourth-order valence-corrected chi connectivity index (χ4v) is 1.96. The highest BCUT2D eigenvalue weighted by molar-refractivity contribution is 5.83. The molecule has 0 saturated carbocycles. The first-order valence-electron chi connectivity index (χ1n) is 5.71. The van der Waals surface area contributed by atoms with Crippen molar-refractivity contribution in [3.8, 4) is 5.75 Å². The van der Waals surface area contributed by atoms with Crippen LogP contribution in [0.2, 0.25) is 0 Å². The number of nitrogens with zero attached hydrogens (tertiary/aromatic N) is 1. The molecule has 0 spiro atoms. The molecule has 0 bridgehead atoms. The number of methoxy groups -OCH3 is 1. The number of aromatic nitrogens is 1. The lowest BCUT2D eigenvalue weighted by Gasteiger charge is -2.11. The number of rotatable bonds is 3. The van der Waals surface area contributed by atoms with Crippen molar-refractivity contribution >= 4 is 16.9 Å². The van der Waals surface area contributed by atoms with Crippen molar-refractivity contribution in [2.45, 2.75) is 19.8 Å². The molecule has 4 heteroatoms. The monoisotopic (exact) mass is 245 g/mol. The summed E-state index contributed by atoms with van der Waals surface area (Å²) >= 11 is 0. The minimum atomic E-state index is -0.863. The van der Waals surface area contributed by atoms with Crippen LogP contribution in [0.5, 0.6) is 5.75 Å². The molecule has 0 aliphatic carbocycles. The lowest BCUT2D eigenvalue weighted by Crippen LogP contribution is -2.11. The van der Waals surface area contributed by atoms with Gasteiger partial charge in [0, 0.05) is 5.39 Å². The third kappa shape index (κ3) is 2.14. The second-order valence-electron chi connectivity index (χ2n) is 4.31. The van der Waals surface area contributed by atoms with E-state index in [1.54, 1.807) is 14.0 Å². The third-order valence-electron chi connectivity index (χ3n) is 3.03. The lowest BCUT2D eigenvalue weighted by molar-refractivity contribution is -0.138. The zero-order valence-corrected chi connectivity index (χ0v) is 10.6. The number of hydrogen-bond donors (Lipinski definition) is 1. The van der Waals surface area contributed by atoms with Gasteiger partial charge < -0.3 is 9.84 Å². The van der Waals surface area contributed by atoms with E-state index >= 15 is 0 Å². The fraction of sp³-hybridized carbons (Fsp3) is 0.286. The van der Waals surface area contributed by atoms with Gasteiger partial charge >= 0.3 is 5.97 Å². The van der Waals surface area contributed by atoms with Crippen LogP contribution in [0.25, 0.3) is 10.9 Å². The second-order valence-corrected chi connectivity index (χ2v) is 4.31. The van der Waals surface area contributed by atoms with Crippen LogP contribution in [0.1, 0.15) is 24.1 Å². The van der Waals surface area contributed by atoms with E-state index in [-0.39, 0.29) is 0 Å². The first kappa shape index (κ1) is 12.4. The molecule has 2 aromatic rings. The highest BCUT2D eigenvalue weighted by atomic mass is 16.5. The van der Waals surface area contributed by atoms with E-state index in [9.17, 15) is 4.79 Å². The van der Waals surface area contributed by atoms with Crippen molar-refractivity contribution in [1.82, 2.24) is 4.98 Å². The predicted molar refractivity (Wildman–Crippen MR) is 69.1 cm³/mol. The molecule has 1 N–H and O–H groups in total. The van der Waals surface area contributed by atoms with Gasteiger partial charge in [-0.15, -0.1) is 0 Å². The average Bonchev–Trinajstić information content (AvgIpc) is 2.36. The Kier molecular flexibility index (Phi) is 3.19. The lowest BCUT2D eigenvalue weighted by atomic mass is 10.0. The van der Waals surface area contributed by atoms with Gasteiger partial charge in [-0.2, -0.15) is 0 Å². The van der Waals surface area contributed by atoms with Gasteiger partial charge in [0.2, 0.25) is 0 Å². The Morgan fingerprint density at radius 3 is 2.72 bits per heavy atom. The van der Waals surface area contributed by atoms with Gasteiger partial charge in [0.15, 0.2) is 0 Å². The maximum atomic E-state index is 11.0. The minimum Gasteiger partial charge on any atom is -0.497 e. The van der Waals surface area contributed by atoms with E-state index in [1.807, 2.05) is 31.2 Å². The van der Waals surface area contributed by atoms with Crippen LogP contribution < -0.4 is 4.74 Å². The Balaban J connectivity index is 2.59. The second kappa shape index (κ2) is 4.64. The Morgan fingerprint density at radius 1 is 1.39 bits per heavy atom. The van der Waals surface area contributed by atoms with Crippen LogP contribution in [-0.4, -0.2) is 23.2 Å². The van der Waals surface area contributed by atoms with Gasteiger partial charge in [-0.05, 0) is 43.7 Å². The van der Waals surface area contributed by atoms with Crippen LogP contribution in [0.15, 0.2) is 24.3 Å². The average molecular weight is 245 g/mol. The van der Waals surface area contributed by atoms with Crippen LogP contribution >= 0.6 is 0 Å². The normalized spacial score (nSPS) is 12.4. The molecule has 0 radical (unpaired) electrons. The van der Waals surface area contributed by atoms with E-state index in [4.69, 9.17) is 9.84 Å². The number of benzene rings is 1. The largest absolute Gasteiger partial charge is 0.497 e. The van der Waals surface area contributed by atoms with E-state index in [2.05, 4.69) is 4.98 Å². The molecule has 18 heavy (non-hydrogen) atoms. The third-order valence-corrected chi connectivity index (χ3v) is 3.03. The Hall–Kier alpha value is -2.10. The SMILES string of the molecule is COc1ccc2nc(C(C)C(=O)O)c(C)cc2c1. The quantitative estimate of drug-likeness (QED) is 0.903. The Bertz CT molecular complexity index is 607. The van der Waals surface area contributed by atoms with Gasteiger partial charge in [0.25, 0.3) is 0 Å². The van der Waals surface area contributed by atoms with Crippen LogP contribution in [0.3, 0.4) is 0 Å². The summed E-state index contributed by atoms with van der Waals surface area (Å²) < 4.78 is 5.16. The molecule has 1 aromatic heterocycles. The number of carboxylic acid groups (broad SMARTS) is 1. The molecule has 0 fully saturated rings. The number of hydrogen-bond acceptors (Lipinski definition) is 3. The van der Waals surface area contributed by atoms with E-state index < -0.39 is 11.9 Å². The molecule has 2 rings (SSSR count). The number of aryl methyl sites for hydroxylation is 1. The summed E-state index contributed by atoms with van der Waals surface area (Å²) in [6.45, 7) is 3.52. The number of carboxylic acids is 1. The number of carbonyl (C=O) groups is 1. The van der Waals surface area contributed by atoms with Crippen molar-refractivity contribution in [2.24, 2.45) is 0 Å². The Labute approximate surface area is 105 Å². The Morgan fingerprint density at radius 2 is 2.11 bits per heavy atom. The van der Waals surface area contributed by atoms with Gasteiger partial charge in [0.05, 0.1) is 24.2 Å². The molecule has 0 aliphatic heterocycles. The van der Waals surface area contributed by atoms with Crippen molar-refractivity contribution in [2.75, 3.05) is 7.11 Å². The van der Waals surface area contributed by atoms with Gasteiger partial charge in [-0.3, -0.25) is 9.78 Å². The van der Waals surface area contributed by atoms with Crippen LogP contribution in [0.4, 0.5) is 0 Å². The number of pyridine rings is 1. The van der Waals surface area contributed by atoms with E-state index in [0.29, 0.717) is 5.69 Å². The highest BCUT2D eigenvalue weighted by Crippen LogP contribution is 2.25. The van der Waals surface area contributed by atoms with Crippen LogP contribution in [-0.2, 0) is 4.79 Å². The predicted octanol–water partition coefficient (Wildman–Crippen LogP) is 2.74. The van der Waals surface area contributed by atoms with Crippen molar-refractivity contribution in [3.63, 3.8) is 0 Å². The zero-order valence-electron chi connectivity index (χ0n) is 10.6. The maximum absolute atomic E-state index is 11.0. The molecular formula is C14H15NO3. The number of aliphatic carboxylic acids is 1. The molecule has 94 valence electrons. The summed E-state index contributed by atoms with van der Waals surface area (Å²) in [4.78, 5) is 15.5. The summed E-state index contributed by atoms with van der Waals surface area (Å²) in [7, 11) is 1.61. The van der Waals surface area contributed by atoms with E-state index in [0.717, 1.165) is 22.2 Å². The molecule has 0 aliphatic rings. The van der Waals surface area contributed by atoms with Crippen LogP contribution in [0, 0.1) is 6.92 Å². The molecule has 1 aromatic carbocycles. The summed E-state index contributed by atoms with van der Waals surface area (Å²) in [5, 5.41) is 10.0. The topological polar surface area (TPSA) is 59.4 Å². The number of fused-ring (bicyclic) bond motifs is 1. The zero-order chi connectivity index (χ0) is 13.3. The molecule has 1 unspecified atom stereocenters. The highest BCUT2D eigenvalue weighted by Gasteiger charge is 2.18. The minimum absolute atomic E-state index is 0.600. The van der Waals surface area contributed by atoms with Gasteiger partial charge in [-0.1, -0.05) is 0 Å². The summed E-state index contributed by atoms with van der Waals surface area (Å²) in [6, 6.07) is 7.50. The smallest absolute Gasteiger partial charge is 0.312 e. The summed E-state index contributed by atoms with van der Waals surface area (Å²) in [5.74, 6) is -0.697. The fourth-order valence-electron chi connectivity index (χ4n) is 1.96. The first-order chi connectivity index (χ1) is 8.52. The summed E-state index contributed by atoms with van der Waals surface area (Å²) in [6.07, 6.45) is 0. The van der Waals surface area contributed by atoms with Gasteiger partial charge in [-0.25, -0.2) is 0 Å². The maximum Gasteiger partial charge on any atom is 0.312 e. The first-order valence-corrected chi connectivity index (χ1v) is 5.71. The molecule has 1 atom stereocenters. The van der Waals surface area contributed by atoms with Crippen molar-refractivity contribution in [1.29, 1.82) is 0 Å². The number of ether oxygens (including phenoxy) is 1. The molecule has 1 heterocycles. The molecular weight excluding hydrogens is 230 g/mol. The van der Waals surface area contributed by atoms with Gasteiger partial charge in [0.1, 0.15) is 5.75 Å². The molecule has 0 amide bonds. The molecule has 4 nitrogen and oxygen atoms in total. The standard InChI is InChI=1S/C14H15NO3/c1-8-6-10-7-11(18-3)4-5-12(10)15-13(8)9(2)14(16)17/h4-7,9H,1-3H3,(H,16,17). The molecule has 0 saturated heterocycles. The van der Waals surface area contributed by atoms with Crippen molar-refractivity contribution < 1.29 is 14.6 Å². The van der Waals surface area contributed by atoms with Crippen molar-refractivity contribution in [3.05, 3.63) is 35.5 Å². The van der Waals surface area contributed by atoms with E-state index in [1.165, 1.54) is 0 Å².